The third-order valence-electron chi connectivity index (χ3n) is 5.77. The lowest BCUT2D eigenvalue weighted by Crippen LogP contribution is -2.41. The summed E-state index contributed by atoms with van der Waals surface area (Å²) in [4.78, 5) is 2.45. The van der Waals surface area contributed by atoms with Gasteiger partial charge in [-0.1, -0.05) is 39.3 Å². The van der Waals surface area contributed by atoms with Gasteiger partial charge in [-0.15, -0.1) is 0 Å². The van der Waals surface area contributed by atoms with Crippen LogP contribution in [0, 0.1) is 5.92 Å². The van der Waals surface area contributed by atoms with Crippen molar-refractivity contribution in [3.63, 3.8) is 0 Å². The topological polar surface area (TPSA) is 30.9 Å². The van der Waals surface area contributed by atoms with Crippen LogP contribution in [0.5, 0.6) is 5.75 Å². The van der Waals surface area contributed by atoms with E-state index in [9.17, 15) is 0 Å². The Morgan fingerprint density at radius 1 is 1.12 bits per heavy atom. The van der Waals surface area contributed by atoms with Gasteiger partial charge in [0, 0.05) is 13.1 Å². The molecule has 5 heteroatoms. The van der Waals surface area contributed by atoms with Crippen LogP contribution in [-0.2, 0) is 9.31 Å². The molecule has 1 heterocycles. The van der Waals surface area contributed by atoms with Crippen LogP contribution in [0.3, 0.4) is 0 Å². The van der Waals surface area contributed by atoms with Gasteiger partial charge >= 0.3 is 7.12 Å². The maximum absolute atomic E-state index is 6.14. The minimum absolute atomic E-state index is 0.327. The summed E-state index contributed by atoms with van der Waals surface area (Å²) in [5, 5.41) is 0. The van der Waals surface area contributed by atoms with Gasteiger partial charge in [-0.05, 0) is 57.8 Å². The van der Waals surface area contributed by atoms with E-state index in [2.05, 4.69) is 53.4 Å². The van der Waals surface area contributed by atoms with Crippen molar-refractivity contribution in [2.45, 2.75) is 66.1 Å². The summed E-state index contributed by atoms with van der Waals surface area (Å²) in [7, 11) is -0.346. The summed E-state index contributed by atoms with van der Waals surface area (Å²) in [6.45, 7) is 18.9. The van der Waals surface area contributed by atoms with Crippen LogP contribution in [0.15, 0.2) is 24.3 Å². The van der Waals surface area contributed by atoms with Crippen molar-refractivity contribution in [2.24, 2.45) is 5.92 Å². The summed E-state index contributed by atoms with van der Waals surface area (Å²) in [5.41, 5.74) is 0.353. The second kappa shape index (κ2) is 8.77. The third kappa shape index (κ3) is 5.24. The highest BCUT2D eigenvalue weighted by Crippen LogP contribution is 2.36. The van der Waals surface area contributed by atoms with Crippen molar-refractivity contribution in [1.29, 1.82) is 0 Å². The molecule has 1 aromatic rings. The molecule has 1 fully saturated rings. The van der Waals surface area contributed by atoms with Gasteiger partial charge < -0.3 is 14.0 Å². The highest BCUT2D eigenvalue weighted by atomic mass is 16.7. The molecule has 0 aromatic heterocycles. The molecule has 0 radical (unpaired) electrons. The van der Waals surface area contributed by atoms with Crippen LogP contribution < -0.4 is 10.2 Å². The fourth-order valence-electron chi connectivity index (χ4n) is 2.97. The van der Waals surface area contributed by atoms with Gasteiger partial charge in [0.2, 0.25) is 0 Å². The first kappa shape index (κ1) is 21.3. The van der Waals surface area contributed by atoms with E-state index in [1.165, 1.54) is 6.42 Å². The standard InChI is InChI=1S/C21H36BNO3/c1-8-17(3)16-23(9-2)13-14-24-19-12-10-11-18(15-19)22-25-20(4,5)21(6,7)26-22/h10-12,15,17H,8-9,13-14,16H2,1-7H3. The molecule has 1 unspecified atom stereocenters. The number of rotatable bonds is 9. The van der Waals surface area contributed by atoms with Gasteiger partial charge in [-0.3, -0.25) is 4.90 Å². The first-order valence-electron chi connectivity index (χ1n) is 9.99. The maximum Gasteiger partial charge on any atom is 0.494 e. The van der Waals surface area contributed by atoms with Crippen molar-refractivity contribution in [2.75, 3.05) is 26.2 Å². The molecular formula is C21H36BNO3. The molecule has 0 amide bonds. The van der Waals surface area contributed by atoms with Gasteiger partial charge in [-0.25, -0.2) is 0 Å². The molecule has 0 spiro atoms. The zero-order valence-electron chi connectivity index (χ0n) is 17.7. The Morgan fingerprint density at radius 3 is 2.35 bits per heavy atom. The van der Waals surface area contributed by atoms with E-state index in [-0.39, 0.29) is 18.3 Å². The number of hydrogen-bond donors (Lipinski definition) is 0. The number of likely N-dealkylation sites (N-methyl/N-ethyl adjacent to an activating group) is 1. The Morgan fingerprint density at radius 2 is 1.77 bits per heavy atom. The van der Waals surface area contributed by atoms with Crippen LogP contribution in [0.25, 0.3) is 0 Å². The monoisotopic (exact) mass is 361 g/mol. The van der Waals surface area contributed by atoms with Crippen LogP contribution >= 0.6 is 0 Å². The lowest BCUT2D eigenvalue weighted by molar-refractivity contribution is 0.00578. The van der Waals surface area contributed by atoms with Crippen molar-refractivity contribution in [3.05, 3.63) is 24.3 Å². The molecule has 146 valence electrons. The zero-order chi connectivity index (χ0) is 19.4. The summed E-state index contributed by atoms with van der Waals surface area (Å²) in [6.07, 6.45) is 1.22. The summed E-state index contributed by atoms with van der Waals surface area (Å²) in [6, 6.07) is 8.08. The normalized spacial score (nSPS) is 19.8. The maximum atomic E-state index is 6.14. The molecule has 2 rings (SSSR count). The minimum atomic E-state index is -0.346. The van der Waals surface area contributed by atoms with Crippen molar-refractivity contribution < 1.29 is 14.0 Å². The van der Waals surface area contributed by atoms with E-state index in [0.29, 0.717) is 6.61 Å². The van der Waals surface area contributed by atoms with Gasteiger partial charge in [0.1, 0.15) is 12.4 Å². The highest BCUT2D eigenvalue weighted by molar-refractivity contribution is 6.62. The predicted molar refractivity (Wildman–Crippen MR) is 109 cm³/mol. The Balaban J connectivity index is 1.92. The molecule has 1 aliphatic rings. The fourth-order valence-corrected chi connectivity index (χ4v) is 2.97. The average molecular weight is 361 g/mol. The van der Waals surface area contributed by atoms with Crippen LogP contribution in [0.1, 0.15) is 54.9 Å². The van der Waals surface area contributed by atoms with Crippen LogP contribution in [0.4, 0.5) is 0 Å². The molecular weight excluding hydrogens is 325 g/mol. The largest absolute Gasteiger partial charge is 0.494 e. The molecule has 0 N–H and O–H groups in total. The minimum Gasteiger partial charge on any atom is -0.492 e. The van der Waals surface area contributed by atoms with E-state index in [1.807, 2.05) is 24.3 Å². The third-order valence-corrected chi connectivity index (χ3v) is 5.77. The first-order valence-corrected chi connectivity index (χ1v) is 9.99. The second-order valence-corrected chi connectivity index (χ2v) is 8.42. The SMILES string of the molecule is CCC(C)CN(CC)CCOc1cccc(B2OC(C)(C)C(C)(C)O2)c1. The molecule has 0 aliphatic carbocycles. The Hall–Kier alpha value is -1.04. The molecule has 0 saturated carbocycles. The Labute approximate surface area is 160 Å². The van der Waals surface area contributed by atoms with E-state index < -0.39 is 0 Å². The van der Waals surface area contributed by atoms with Crippen LogP contribution in [0.2, 0.25) is 0 Å². The summed E-state index contributed by atoms with van der Waals surface area (Å²) < 4.78 is 18.3. The number of hydrogen-bond acceptors (Lipinski definition) is 4. The average Bonchev–Trinajstić information content (AvgIpc) is 2.82. The highest BCUT2D eigenvalue weighted by Gasteiger charge is 2.51. The zero-order valence-corrected chi connectivity index (χ0v) is 17.7. The van der Waals surface area contributed by atoms with E-state index in [1.54, 1.807) is 0 Å². The van der Waals surface area contributed by atoms with Crippen molar-refractivity contribution >= 4 is 12.6 Å². The molecule has 1 atom stereocenters. The summed E-state index contributed by atoms with van der Waals surface area (Å²) >= 11 is 0. The van der Waals surface area contributed by atoms with Crippen molar-refractivity contribution in [3.8, 4) is 5.75 Å². The molecule has 1 aromatic carbocycles. The fraction of sp³-hybridized carbons (Fsp3) is 0.714. The van der Waals surface area contributed by atoms with Gasteiger partial charge in [-0.2, -0.15) is 0 Å². The number of nitrogens with zero attached hydrogens (tertiary/aromatic N) is 1. The predicted octanol–water partition coefficient (Wildman–Crippen LogP) is 3.73. The van der Waals surface area contributed by atoms with Gasteiger partial charge in [0.05, 0.1) is 11.2 Å². The second-order valence-electron chi connectivity index (χ2n) is 8.42. The van der Waals surface area contributed by atoms with E-state index >= 15 is 0 Å². The first-order chi connectivity index (χ1) is 12.2. The van der Waals surface area contributed by atoms with Gasteiger partial charge in [0.15, 0.2) is 0 Å². The quantitative estimate of drug-likeness (QED) is 0.627. The lowest BCUT2D eigenvalue weighted by atomic mass is 9.79. The van der Waals surface area contributed by atoms with Crippen molar-refractivity contribution in [1.82, 2.24) is 4.90 Å². The molecule has 4 nitrogen and oxygen atoms in total. The van der Waals surface area contributed by atoms with E-state index in [4.69, 9.17) is 14.0 Å². The number of benzene rings is 1. The summed E-state index contributed by atoms with van der Waals surface area (Å²) in [5.74, 6) is 1.60. The Bertz CT molecular complexity index is 560. The Kier molecular flexibility index (Phi) is 7.17. The molecule has 1 aliphatic heterocycles. The van der Waals surface area contributed by atoms with Gasteiger partial charge in [0.25, 0.3) is 0 Å². The molecule has 0 bridgehead atoms. The smallest absolute Gasteiger partial charge is 0.492 e. The molecule has 1 saturated heterocycles. The van der Waals surface area contributed by atoms with Crippen LogP contribution in [-0.4, -0.2) is 49.5 Å². The van der Waals surface area contributed by atoms with E-state index in [0.717, 1.165) is 36.8 Å². The number of ether oxygens (including phenoxy) is 1. The molecule has 26 heavy (non-hydrogen) atoms. The lowest BCUT2D eigenvalue weighted by Gasteiger charge is -2.32.